The molecule has 750 valence electrons. The Balaban J connectivity index is 0.000000154. The minimum Gasteiger partial charge on any atom is -0.376 e. The van der Waals surface area contributed by atoms with Crippen LogP contribution in [-0.4, -0.2) is 71.5 Å². The van der Waals surface area contributed by atoms with Gasteiger partial charge in [-0.2, -0.15) is 0 Å². The van der Waals surface area contributed by atoms with Crippen molar-refractivity contribution in [2.75, 3.05) is 29.6 Å². The second-order valence-electron chi connectivity index (χ2n) is 46.0. The van der Waals surface area contributed by atoms with Crippen molar-refractivity contribution in [2.45, 2.75) is 274 Å². The van der Waals surface area contributed by atoms with Crippen molar-refractivity contribution >= 4 is 56.4 Å². The first-order chi connectivity index (χ1) is 66.1. The van der Waals surface area contributed by atoms with Crippen LogP contribution in [0.4, 0.5) is 55.3 Å². The molecule has 5 saturated carbocycles. The maximum absolute atomic E-state index is 15.5. The topological polar surface area (TPSA) is 34.2 Å². The van der Waals surface area contributed by atoms with Crippen LogP contribution < -0.4 is 28.7 Å². The van der Waals surface area contributed by atoms with Crippen LogP contribution in [0.1, 0.15) is 191 Å². The van der Waals surface area contributed by atoms with Crippen LogP contribution in [0.5, 0.6) is 0 Å². The Labute approximate surface area is 854 Å². The summed E-state index contributed by atoms with van der Waals surface area (Å²) in [4.78, 5) is 3.79. The van der Waals surface area contributed by atoms with Gasteiger partial charge in [-0.05, 0) is 237 Å². The van der Waals surface area contributed by atoms with Crippen molar-refractivity contribution in [3.05, 3.63) is 329 Å². The largest absolute Gasteiger partial charge is 1.00 e. The summed E-state index contributed by atoms with van der Waals surface area (Å²) in [5.74, 6) is -10.6. The number of halogens is 12. The van der Waals surface area contributed by atoms with Gasteiger partial charge in [0.05, 0.1) is 33.0 Å². The number of hydrogen-bond acceptors (Lipinski definition) is 5. The minimum absolute atomic E-state index is 0. The van der Waals surface area contributed by atoms with Crippen molar-refractivity contribution in [1.29, 1.82) is 0 Å². The van der Waals surface area contributed by atoms with Gasteiger partial charge in [0.2, 0.25) is 18.3 Å². The second kappa shape index (κ2) is 46.6. The number of ether oxygens (including phenoxy) is 3. The van der Waals surface area contributed by atoms with Gasteiger partial charge in [-0.1, -0.05) is 313 Å². The minimum atomic E-state index is -2.38. The van der Waals surface area contributed by atoms with Gasteiger partial charge in [0.1, 0.15) is 0 Å². The summed E-state index contributed by atoms with van der Waals surface area (Å²) in [7, 11) is -3.66. The zero-order valence-corrected chi connectivity index (χ0v) is 89.8. The van der Waals surface area contributed by atoms with Crippen LogP contribution in [0.15, 0.2) is 231 Å². The number of fused-ring (bicyclic) bond motifs is 19. The van der Waals surface area contributed by atoms with Gasteiger partial charge in [-0.25, -0.2) is 43.9 Å². The summed E-state index contributed by atoms with van der Waals surface area (Å²) in [5, 5.41) is 0. The van der Waals surface area contributed by atoms with Crippen LogP contribution in [0.2, 0.25) is 60.9 Å². The standard InChI is InChI=1S/C47H54F5NOSi.C25H40OSi.C23H17F5N.C13H14.C11H24Cl2OSi.Li/c1-28-22-23-37-35(26-28)38-44(53(37)27-36-39(48)41(50)43(52)42(51)40(36)49)31-18-10-13-21-34(31)46(38)55(5,25-15-7-6-14-24-54-47(2,3)4)45-32-19-11-8-16-29(32)30-17-9-12-20-33(30)45;1-25(2,3)26-18-12-6-7-13-19-27(4,5)24-22-16-10-8-14-20(22)21-15-9-11-17-23(21)24;1-11-6-7-17-14(8-11)15-9-12-4-2-3-5-13(12)23(15)29(17)10-16-18(24)20(26)22(28)21(27)19(16)25;1-3-7-12-10(5-1)9-11-6-2-4-8-13(11)12;1-11(2,3)14-9-7-5-6-8-10-15(4,12)13;/h8-13,16-23,26,29-34,38,44-46H,6-7,14-15,24-25,27H2,1-5H3;8-11,14-17,20-24H,6-7,12-13,18-19H2,1-5H3;2-9,12-13,15,23H,10H2,1H3;1-8,10-13H,9H2;5-10H2,1-4H3;/q;;-1;;;+1. The van der Waals surface area contributed by atoms with E-state index in [9.17, 15) is 35.1 Å². The molecule has 2 aliphatic heterocycles. The maximum atomic E-state index is 15.5. The van der Waals surface area contributed by atoms with Crippen molar-refractivity contribution in [3.8, 4) is 0 Å². The van der Waals surface area contributed by atoms with Crippen LogP contribution in [0, 0.1) is 173 Å². The molecule has 21 heteroatoms. The molecule has 0 bridgehead atoms. The number of hydrogen-bond donors (Lipinski definition) is 0. The molecule has 4 aromatic carbocycles. The molecular weight excluding hydrogens is 1860 g/mol. The van der Waals surface area contributed by atoms with Crippen molar-refractivity contribution in [1.82, 2.24) is 0 Å². The van der Waals surface area contributed by atoms with Crippen LogP contribution >= 0.6 is 22.2 Å². The Bertz CT molecular complexity index is 5350. The summed E-state index contributed by atoms with van der Waals surface area (Å²) in [6.07, 6.45) is 91.2. The van der Waals surface area contributed by atoms with Gasteiger partial charge in [-0.15, -0.1) is 40.1 Å². The molecular formula is C119H149Cl2F10LiN2O3Si3. The van der Waals surface area contributed by atoms with Crippen LogP contribution in [0.25, 0.3) is 0 Å². The fourth-order valence-electron chi connectivity index (χ4n) is 26.8. The number of aryl methyl sites for hydroxylation is 2. The molecule has 13 aliphatic carbocycles. The third kappa shape index (κ3) is 24.6. The molecule has 2 heterocycles. The van der Waals surface area contributed by atoms with E-state index in [-0.39, 0.29) is 88.8 Å². The zero-order valence-electron chi connectivity index (χ0n) is 85.3. The molecule has 0 amide bonds. The molecule has 15 aliphatic rings. The molecule has 22 atom stereocenters. The summed E-state index contributed by atoms with van der Waals surface area (Å²) < 4.78 is 162. The Morgan fingerprint density at radius 1 is 0.336 bits per heavy atom. The number of anilines is 2. The molecule has 0 radical (unpaired) electrons. The smallest absolute Gasteiger partial charge is 0.376 e. The van der Waals surface area contributed by atoms with E-state index < -0.39 is 105 Å². The quantitative estimate of drug-likeness (QED) is 0.0108. The van der Waals surface area contributed by atoms with E-state index in [0.717, 1.165) is 157 Å². The first kappa shape index (κ1) is 109. The average Bonchev–Trinajstić information content (AvgIpc) is 1.52. The fourth-order valence-corrected chi connectivity index (χ4v) is 39.7. The van der Waals surface area contributed by atoms with E-state index >= 15 is 8.78 Å². The van der Waals surface area contributed by atoms with Gasteiger partial charge in [-0.3, -0.25) is 0 Å². The molecule has 5 fully saturated rings. The van der Waals surface area contributed by atoms with E-state index in [0.29, 0.717) is 29.2 Å². The number of allylic oxidation sites excluding steroid dienone is 30. The molecule has 4 aromatic rings. The Hall–Kier alpha value is -6.67. The number of rotatable bonds is 28. The Kier molecular flexibility index (Phi) is 36.3. The predicted octanol–water partition coefficient (Wildman–Crippen LogP) is 30.4. The molecule has 19 rings (SSSR count). The molecule has 5 nitrogen and oxygen atoms in total. The van der Waals surface area contributed by atoms with E-state index in [2.05, 4.69) is 284 Å². The van der Waals surface area contributed by atoms with Crippen LogP contribution in [-0.2, 0) is 27.3 Å². The monoisotopic (exact) mass is 2010 g/mol. The summed E-state index contributed by atoms with van der Waals surface area (Å²) in [5.41, 5.74) is 5.87. The fraction of sp³-hybridized carbons (Fsp3) is 0.521. The Morgan fingerprint density at radius 3 is 1.06 bits per heavy atom. The van der Waals surface area contributed by atoms with E-state index in [1.54, 1.807) is 4.90 Å². The van der Waals surface area contributed by atoms with Gasteiger partial charge < -0.3 is 30.4 Å². The zero-order chi connectivity index (χ0) is 99.4. The second-order valence-corrected chi connectivity index (χ2v) is 64.2. The third-order valence-corrected chi connectivity index (χ3v) is 45.3. The number of benzene rings is 4. The van der Waals surface area contributed by atoms with E-state index in [1.807, 2.05) is 60.9 Å². The Morgan fingerprint density at radius 2 is 0.650 bits per heavy atom. The van der Waals surface area contributed by atoms with Gasteiger partial charge in [0.15, 0.2) is 46.5 Å². The van der Waals surface area contributed by atoms with E-state index in [1.165, 1.54) is 51.0 Å². The average molecular weight is 2010 g/mol. The molecule has 140 heavy (non-hydrogen) atoms. The first-order valence-electron chi connectivity index (χ1n) is 51.8. The van der Waals surface area contributed by atoms with Crippen molar-refractivity contribution < 1.29 is 77.0 Å². The van der Waals surface area contributed by atoms with E-state index in [4.69, 9.17) is 36.4 Å². The van der Waals surface area contributed by atoms with Crippen molar-refractivity contribution in [3.63, 3.8) is 0 Å². The molecule has 0 saturated heterocycles. The van der Waals surface area contributed by atoms with Gasteiger partial charge >= 0.3 is 18.9 Å². The third-order valence-electron chi connectivity index (χ3n) is 32.8. The maximum Gasteiger partial charge on any atom is 1.00 e. The summed E-state index contributed by atoms with van der Waals surface area (Å²) >= 11 is 12.0. The molecule has 0 N–H and O–H groups in total. The molecule has 22 unspecified atom stereocenters. The van der Waals surface area contributed by atoms with Gasteiger partial charge in [0, 0.05) is 79.3 Å². The molecule has 0 aromatic heterocycles. The van der Waals surface area contributed by atoms with Crippen LogP contribution in [0.3, 0.4) is 0 Å². The number of unbranched alkanes of at least 4 members (excludes halogenated alkanes) is 9. The first-order valence-corrected chi connectivity index (χ1v) is 62.7. The number of nitrogens with zero attached hydrogens (tertiary/aromatic N) is 2. The molecule has 0 spiro atoms. The van der Waals surface area contributed by atoms with Gasteiger partial charge in [0.25, 0.3) is 0 Å². The normalized spacial score (nSPS) is 29.9. The summed E-state index contributed by atoms with van der Waals surface area (Å²) in [6, 6.07) is 15.3. The SMILES string of the molecule is C1=CC2CC3C=CC=CC3C2C=C1.CC(C)(C)OCCCCCC[Si](C)(C)C1C2C=CC=CC2C2C=CC=CC21.CC(C)(C)OCCCCCC[Si](C)(Cl)Cl.Cc1ccc2c(c1)C1C(C3C=CC=CC3C1[Si](C)(CCCCCCOC(C)(C)C)C1C3C=CC=CC3C3C=CC=CC31)N2Cc1c(F)c(F)c(F)c(F)c1F.Cc1ccc2c(c1)C1[CH-]C3C=CC=CC3C1N2Cc1c(F)c(F)c(F)c(F)c1F.[Li+]. The predicted molar refractivity (Wildman–Crippen MR) is 562 cm³/mol. The summed E-state index contributed by atoms with van der Waals surface area (Å²) in [6.45, 7) is 32.9. The van der Waals surface area contributed by atoms with Crippen molar-refractivity contribution in [2.24, 2.45) is 94.7 Å².